The summed E-state index contributed by atoms with van der Waals surface area (Å²) in [6, 6.07) is 1.72. The van der Waals surface area contributed by atoms with E-state index in [1.807, 2.05) is 13.8 Å². The van der Waals surface area contributed by atoms with Gasteiger partial charge in [0.05, 0.1) is 22.1 Å². The lowest BCUT2D eigenvalue weighted by molar-refractivity contribution is 1.13. The lowest BCUT2D eigenvalue weighted by atomic mass is 10.3. The van der Waals surface area contributed by atoms with Gasteiger partial charge in [0.2, 0.25) is 0 Å². The lowest BCUT2D eigenvalue weighted by Gasteiger charge is -2.01. The van der Waals surface area contributed by atoms with E-state index in [2.05, 4.69) is 4.98 Å². The van der Waals surface area contributed by atoms with E-state index >= 15 is 0 Å². The highest BCUT2D eigenvalue weighted by Gasteiger charge is 1.99. The van der Waals surface area contributed by atoms with Crippen LogP contribution < -0.4 is 5.73 Å². The fourth-order valence-corrected chi connectivity index (χ4v) is 0.875. The molecule has 1 heterocycles. The topological polar surface area (TPSA) is 38.9 Å². The van der Waals surface area contributed by atoms with E-state index in [9.17, 15) is 0 Å². The maximum atomic E-state index is 5.74. The van der Waals surface area contributed by atoms with Crippen LogP contribution in [0.3, 0.4) is 0 Å². The number of nitrogens with zero attached hydrogens (tertiary/aromatic N) is 1. The Hall–Kier alpha value is -0.470. The summed E-state index contributed by atoms with van der Waals surface area (Å²) >= 11 is 5.74. The summed E-state index contributed by atoms with van der Waals surface area (Å²) < 4.78 is 0. The van der Waals surface area contributed by atoms with Gasteiger partial charge >= 0.3 is 0 Å². The van der Waals surface area contributed by atoms with Crippen molar-refractivity contribution in [3.8, 4) is 0 Å². The predicted molar refractivity (Wildman–Crippen MR) is 50.4 cm³/mol. The number of anilines is 1. The summed E-state index contributed by atoms with van der Waals surface area (Å²) in [5.74, 6) is 0. The van der Waals surface area contributed by atoms with E-state index < -0.39 is 0 Å². The van der Waals surface area contributed by atoms with Gasteiger partial charge in [-0.25, -0.2) is 0 Å². The molecule has 0 aromatic carbocycles. The van der Waals surface area contributed by atoms with E-state index in [4.69, 9.17) is 17.3 Å². The summed E-state index contributed by atoms with van der Waals surface area (Å²) in [4.78, 5) is 4.12. The summed E-state index contributed by atoms with van der Waals surface area (Å²) in [7, 11) is 0. The zero-order valence-corrected chi connectivity index (χ0v) is 7.96. The molecule has 0 fully saturated rings. The number of nitrogen functional groups attached to an aromatic ring is 1. The maximum Gasteiger partial charge on any atom is 0.0639 e. The van der Waals surface area contributed by atoms with Gasteiger partial charge in [0, 0.05) is 0 Å². The molecule has 0 saturated heterocycles. The maximum absolute atomic E-state index is 5.74. The van der Waals surface area contributed by atoms with Crippen molar-refractivity contribution >= 4 is 29.7 Å². The first kappa shape index (κ1) is 10.5. The van der Waals surface area contributed by atoms with Gasteiger partial charge in [-0.15, -0.1) is 12.4 Å². The van der Waals surface area contributed by atoms with Gasteiger partial charge in [-0.2, -0.15) is 0 Å². The third kappa shape index (κ3) is 2.24. The van der Waals surface area contributed by atoms with Crippen molar-refractivity contribution in [3.05, 3.63) is 22.5 Å². The second kappa shape index (κ2) is 3.79. The molecule has 0 amide bonds. The van der Waals surface area contributed by atoms with Gasteiger partial charge in [0.25, 0.3) is 0 Å². The van der Waals surface area contributed by atoms with Crippen LogP contribution >= 0.6 is 24.0 Å². The number of aromatic nitrogens is 1. The molecule has 62 valence electrons. The third-order valence-corrected chi connectivity index (χ3v) is 1.76. The average Bonchev–Trinajstić information content (AvgIpc) is 1.84. The molecular formula is C7H10Cl2N2. The Balaban J connectivity index is 0.000001000. The first-order chi connectivity index (χ1) is 4.61. The first-order valence-corrected chi connectivity index (χ1v) is 3.38. The van der Waals surface area contributed by atoms with Crippen molar-refractivity contribution in [1.29, 1.82) is 0 Å². The summed E-state index contributed by atoms with van der Waals surface area (Å²) in [5, 5.41) is 0.628. The van der Waals surface area contributed by atoms with Crippen LogP contribution in [0, 0.1) is 13.8 Å². The highest BCUT2D eigenvalue weighted by molar-refractivity contribution is 6.31. The number of rotatable bonds is 0. The zero-order chi connectivity index (χ0) is 7.72. The number of hydrogen-bond donors (Lipinski definition) is 1. The number of halogens is 2. The van der Waals surface area contributed by atoms with Crippen LogP contribution in [-0.4, -0.2) is 4.98 Å². The zero-order valence-electron chi connectivity index (χ0n) is 6.39. The van der Waals surface area contributed by atoms with Crippen molar-refractivity contribution in [2.45, 2.75) is 13.8 Å². The Bertz CT molecular complexity index is 211. The molecular weight excluding hydrogens is 183 g/mol. The molecule has 0 saturated carbocycles. The van der Waals surface area contributed by atoms with E-state index in [0.717, 1.165) is 11.4 Å². The molecule has 1 rings (SSSR count). The fourth-order valence-electron chi connectivity index (χ4n) is 0.715. The van der Waals surface area contributed by atoms with Gasteiger partial charge in [-0.3, -0.25) is 4.98 Å². The molecule has 0 unspecified atom stereocenters. The first-order valence-electron chi connectivity index (χ1n) is 3.00. The van der Waals surface area contributed by atoms with Crippen molar-refractivity contribution in [3.63, 3.8) is 0 Å². The second-order valence-corrected chi connectivity index (χ2v) is 2.64. The third-order valence-electron chi connectivity index (χ3n) is 1.38. The molecule has 4 heteroatoms. The minimum absolute atomic E-state index is 0. The summed E-state index contributed by atoms with van der Waals surface area (Å²) in [5.41, 5.74) is 7.85. The molecule has 2 N–H and O–H groups in total. The van der Waals surface area contributed by atoms with Gasteiger partial charge in [-0.1, -0.05) is 11.6 Å². The molecule has 0 radical (unpaired) electrons. The Labute approximate surface area is 77.2 Å². The van der Waals surface area contributed by atoms with Gasteiger partial charge in [0.15, 0.2) is 0 Å². The standard InChI is InChI=1S/C7H9ClN2.ClH/c1-4-6(8)3-7(9)5(2)10-4;/h3H,9H2,1-2H3;1H. The molecule has 0 bridgehead atoms. The molecule has 1 aromatic rings. The fraction of sp³-hybridized carbons (Fsp3) is 0.286. The summed E-state index contributed by atoms with van der Waals surface area (Å²) in [6.45, 7) is 3.72. The Morgan fingerprint density at radius 1 is 1.36 bits per heavy atom. The Kier molecular flexibility index (Phi) is 3.63. The van der Waals surface area contributed by atoms with Crippen molar-refractivity contribution in [2.75, 3.05) is 5.73 Å². The smallest absolute Gasteiger partial charge is 0.0639 e. The van der Waals surface area contributed by atoms with Crippen LogP contribution in [0.1, 0.15) is 11.4 Å². The lowest BCUT2D eigenvalue weighted by Crippen LogP contribution is -1.94. The van der Waals surface area contributed by atoms with E-state index in [-0.39, 0.29) is 12.4 Å². The van der Waals surface area contributed by atoms with Crippen LogP contribution in [0.2, 0.25) is 5.02 Å². The van der Waals surface area contributed by atoms with Crippen LogP contribution in [0.4, 0.5) is 5.69 Å². The van der Waals surface area contributed by atoms with Crippen LogP contribution in [0.15, 0.2) is 6.07 Å². The minimum atomic E-state index is 0. The molecule has 0 aliphatic heterocycles. The highest BCUT2D eigenvalue weighted by Crippen LogP contribution is 2.18. The summed E-state index contributed by atoms with van der Waals surface area (Å²) in [6.07, 6.45) is 0. The van der Waals surface area contributed by atoms with Crippen molar-refractivity contribution in [1.82, 2.24) is 4.98 Å². The van der Waals surface area contributed by atoms with Crippen molar-refractivity contribution in [2.24, 2.45) is 0 Å². The van der Waals surface area contributed by atoms with E-state index in [1.54, 1.807) is 6.07 Å². The largest absolute Gasteiger partial charge is 0.397 e. The minimum Gasteiger partial charge on any atom is -0.397 e. The normalized spacial score (nSPS) is 9.00. The molecule has 2 nitrogen and oxygen atoms in total. The Morgan fingerprint density at radius 3 is 2.36 bits per heavy atom. The SMILES string of the molecule is Cc1nc(C)c(Cl)cc1N.Cl. The average molecular weight is 193 g/mol. The van der Waals surface area contributed by atoms with Gasteiger partial charge in [0.1, 0.15) is 0 Å². The molecule has 0 spiro atoms. The quantitative estimate of drug-likeness (QED) is 0.686. The predicted octanol–water partition coefficient (Wildman–Crippen LogP) is 2.36. The van der Waals surface area contributed by atoms with Crippen molar-refractivity contribution < 1.29 is 0 Å². The van der Waals surface area contributed by atoms with E-state index in [0.29, 0.717) is 10.7 Å². The molecule has 11 heavy (non-hydrogen) atoms. The molecule has 0 atom stereocenters. The van der Waals surface area contributed by atoms with Crippen LogP contribution in [-0.2, 0) is 0 Å². The second-order valence-electron chi connectivity index (χ2n) is 2.23. The number of nitrogens with two attached hydrogens (primary N) is 1. The van der Waals surface area contributed by atoms with Gasteiger partial charge in [-0.05, 0) is 19.9 Å². The molecule has 1 aromatic heterocycles. The highest BCUT2D eigenvalue weighted by atomic mass is 35.5. The number of aryl methyl sites for hydroxylation is 2. The number of pyridine rings is 1. The van der Waals surface area contributed by atoms with Crippen LogP contribution in [0.25, 0.3) is 0 Å². The van der Waals surface area contributed by atoms with Crippen LogP contribution in [0.5, 0.6) is 0 Å². The number of hydrogen-bond acceptors (Lipinski definition) is 2. The van der Waals surface area contributed by atoms with Gasteiger partial charge < -0.3 is 5.73 Å². The Morgan fingerprint density at radius 2 is 1.91 bits per heavy atom. The monoisotopic (exact) mass is 192 g/mol. The van der Waals surface area contributed by atoms with E-state index in [1.165, 1.54) is 0 Å². The molecule has 0 aliphatic rings. The molecule has 0 aliphatic carbocycles.